The van der Waals surface area contributed by atoms with E-state index in [1.54, 1.807) is 18.2 Å². The smallest absolute Gasteiger partial charge is 0.147 e. The molecule has 14 heavy (non-hydrogen) atoms. The molecule has 0 atom stereocenters. The van der Waals surface area contributed by atoms with Gasteiger partial charge in [-0.05, 0) is 23.6 Å². The van der Waals surface area contributed by atoms with Crippen molar-refractivity contribution in [2.75, 3.05) is 11.5 Å². The topological polar surface area (TPSA) is 72.3 Å². The fourth-order valence-electron chi connectivity index (χ4n) is 1.40. The fourth-order valence-corrected chi connectivity index (χ4v) is 1.64. The van der Waals surface area contributed by atoms with Crippen LogP contribution in [-0.2, 0) is 0 Å². The standard InChI is InChI=1S/C10H10N2OS/c11-6-2-1-5-3-8(14)9(12)10(13)7(5)4-6/h1-4,13-14H,11-12H2. The summed E-state index contributed by atoms with van der Waals surface area (Å²) in [6, 6.07) is 7.08. The molecule has 2 rings (SSSR count). The van der Waals surface area contributed by atoms with Gasteiger partial charge in [-0.15, -0.1) is 12.6 Å². The SMILES string of the molecule is Nc1ccc2cc(S)c(N)c(O)c2c1. The van der Waals surface area contributed by atoms with Crippen LogP contribution in [0.4, 0.5) is 11.4 Å². The van der Waals surface area contributed by atoms with Gasteiger partial charge in [-0.3, -0.25) is 0 Å². The molecule has 0 amide bonds. The molecule has 0 fully saturated rings. The molecule has 72 valence electrons. The van der Waals surface area contributed by atoms with Gasteiger partial charge in [0.2, 0.25) is 0 Å². The van der Waals surface area contributed by atoms with Crippen LogP contribution in [-0.4, -0.2) is 5.11 Å². The molecule has 0 aliphatic rings. The Morgan fingerprint density at radius 3 is 2.57 bits per heavy atom. The van der Waals surface area contributed by atoms with Crippen LogP contribution in [0.3, 0.4) is 0 Å². The van der Waals surface area contributed by atoms with Gasteiger partial charge < -0.3 is 16.6 Å². The maximum absolute atomic E-state index is 9.73. The van der Waals surface area contributed by atoms with Gasteiger partial charge >= 0.3 is 0 Å². The Labute approximate surface area is 86.7 Å². The Morgan fingerprint density at radius 2 is 1.86 bits per heavy atom. The minimum absolute atomic E-state index is 0.0415. The molecule has 2 aromatic rings. The van der Waals surface area contributed by atoms with Crippen molar-refractivity contribution in [2.24, 2.45) is 0 Å². The number of thiol groups is 1. The quantitative estimate of drug-likeness (QED) is 0.302. The summed E-state index contributed by atoms with van der Waals surface area (Å²) in [4.78, 5) is 0.569. The largest absolute Gasteiger partial charge is 0.505 e. The Bertz CT molecular complexity index is 511. The van der Waals surface area contributed by atoms with E-state index in [1.807, 2.05) is 6.07 Å². The van der Waals surface area contributed by atoms with Crippen LogP contribution in [0.1, 0.15) is 0 Å². The summed E-state index contributed by atoms with van der Waals surface area (Å²) in [5.41, 5.74) is 12.1. The molecule has 0 aliphatic heterocycles. The molecule has 0 aliphatic carbocycles. The predicted octanol–water partition coefficient (Wildman–Crippen LogP) is 2.00. The molecular formula is C10H10N2OS. The lowest BCUT2D eigenvalue weighted by atomic mass is 10.1. The second kappa shape index (κ2) is 2.99. The highest BCUT2D eigenvalue weighted by Crippen LogP contribution is 2.36. The van der Waals surface area contributed by atoms with Crippen molar-refractivity contribution in [3.63, 3.8) is 0 Å². The van der Waals surface area contributed by atoms with Crippen LogP contribution in [0.15, 0.2) is 29.2 Å². The van der Waals surface area contributed by atoms with E-state index >= 15 is 0 Å². The van der Waals surface area contributed by atoms with Crippen LogP contribution in [0.2, 0.25) is 0 Å². The maximum Gasteiger partial charge on any atom is 0.147 e. The summed E-state index contributed by atoms with van der Waals surface area (Å²) >= 11 is 4.15. The lowest BCUT2D eigenvalue weighted by Gasteiger charge is -2.07. The Morgan fingerprint density at radius 1 is 1.14 bits per heavy atom. The van der Waals surface area contributed by atoms with Crippen molar-refractivity contribution >= 4 is 34.8 Å². The average molecular weight is 206 g/mol. The second-order valence-electron chi connectivity index (χ2n) is 3.14. The van der Waals surface area contributed by atoms with Crippen molar-refractivity contribution in [1.82, 2.24) is 0 Å². The molecule has 0 aromatic heterocycles. The van der Waals surface area contributed by atoms with Crippen LogP contribution in [0.25, 0.3) is 10.8 Å². The highest BCUT2D eigenvalue weighted by atomic mass is 32.1. The van der Waals surface area contributed by atoms with Crippen molar-refractivity contribution in [3.8, 4) is 5.75 Å². The van der Waals surface area contributed by atoms with Gasteiger partial charge in [0.05, 0.1) is 5.69 Å². The summed E-state index contributed by atoms with van der Waals surface area (Å²) in [5.74, 6) is 0.0415. The number of phenols is 1. The number of hydrogen-bond donors (Lipinski definition) is 4. The van der Waals surface area contributed by atoms with Gasteiger partial charge in [-0.1, -0.05) is 6.07 Å². The summed E-state index contributed by atoms with van der Waals surface area (Å²) in [5, 5.41) is 11.3. The van der Waals surface area contributed by atoms with Gasteiger partial charge in [0.25, 0.3) is 0 Å². The number of rotatable bonds is 0. The molecule has 5 N–H and O–H groups in total. The Hall–Kier alpha value is -1.55. The minimum Gasteiger partial charge on any atom is -0.505 e. The van der Waals surface area contributed by atoms with Crippen LogP contribution in [0, 0.1) is 0 Å². The van der Waals surface area contributed by atoms with E-state index in [1.165, 1.54) is 0 Å². The van der Waals surface area contributed by atoms with Crippen LogP contribution < -0.4 is 11.5 Å². The summed E-state index contributed by atoms with van der Waals surface area (Å²) in [7, 11) is 0. The number of benzene rings is 2. The van der Waals surface area contributed by atoms with Gasteiger partial charge in [0, 0.05) is 16.0 Å². The highest BCUT2D eigenvalue weighted by Gasteiger charge is 2.07. The Kier molecular flexibility index (Phi) is 1.93. The number of nitrogens with two attached hydrogens (primary N) is 2. The maximum atomic E-state index is 9.73. The van der Waals surface area contributed by atoms with Gasteiger partial charge in [-0.25, -0.2) is 0 Å². The zero-order chi connectivity index (χ0) is 10.3. The summed E-state index contributed by atoms with van der Waals surface area (Å²) in [6.45, 7) is 0. The van der Waals surface area contributed by atoms with Crippen LogP contribution >= 0.6 is 12.6 Å². The van der Waals surface area contributed by atoms with Crippen molar-refractivity contribution in [3.05, 3.63) is 24.3 Å². The zero-order valence-electron chi connectivity index (χ0n) is 7.36. The van der Waals surface area contributed by atoms with E-state index < -0.39 is 0 Å². The molecule has 0 bridgehead atoms. The lowest BCUT2D eigenvalue weighted by molar-refractivity contribution is 0.483. The lowest BCUT2D eigenvalue weighted by Crippen LogP contribution is -1.90. The highest BCUT2D eigenvalue weighted by molar-refractivity contribution is 7.80. The number of nitrogen functional groups attached to an aromatic ring is 2. The number of phenolic OH excluding ortho intramolecular Hbond substituents is 1. The molecule has 3 nitrogen and oxygen atoms in total. The first-order chi connectivity index (χ1) is 6.59. The first kappa shape index (κ1) is 9.02. The average Bonchev–Trinajstić information content (AvgIpc) is 2.16. The number of anilines is 2. The predicted molar refractivity (Wildman–Crippen MR) is 61.7 cm³/mol. The molecule has 0 saturated carbocycles. The van der Waals surface area contributed by atoms with E-state index in [-0.39, 0.29) is 11.4 Å². The van der Waals surface area contributed by atoms with E-state index in [4.69, 9.17) is 11.5 Å². The third-order valence-corrected chi connectivity index (χ3v) is 2.53. The first-order valence-electron chi connectivity index (χ1n) is 4.09. The molecule has 2 aromatic carbocycles. The number of hydrogen-bond acceptors (Lipinski definition) is 4. The monoisotopic (exact) mass is 206 g/mol. The molecular weight excluding hydrogens is 196 g/mol. The molecule has 0 heterocycles. The molecule has 0 spiro atoms. The molecule has 0 saturated heterocycles. The van der Waals surface area contributed by atoms with Gasteiger partial charge in [0.15, 0.2) is 0 Å². The second-order valence-corrected chi connectivity index (χ2v) is 3.62. The molecule has 0 unspecified atom stereocenters. The first-order valence-corrected chi connectivity index (χ1v) is 4.54. The van der Waals surface area contributed by atoms with Crippen LogP contribution in [0.5, 0.6) is 5.75 Å². The molecule has 0 radical (unpaired) electrons. The third-order valence-electron chi connectivity index (χ3n) is 2.16. The van der Waals surface area contributed by atoms with E-state index in [2.05, 4.69) is 12.6 Å². The van der Waals surface area contributed by atoms with Crippen molar-refractivity contribution < 1.29 is 5.11 Å². The summed E-state index contributed by atoms with van der Waals surface area (Å²) in [6.07, 6.45) is 0. The third kappa shape index (κ3) is 1.24. The van der Waals surface area contributed by atoms with E-state index in [0.29, 0.717) is 16.0 Å². The molecule has 4 heteroatoms. The number of aromatic hydroxyl groups is 1. The summed E-state index contributed by atoms with van der Waals surface area (Å²) < 4.78 is 0. The van der Waals surface area contributed by atoms with E-state index in [0.717, 1.165) is 5.39 Å². The zero-order valence-corrected chi connectivity index (χ0v) is 8.25. The number of fused-ring (bicyclic) bond motifs is 1. The normalized spacial score (nSPS) is 10.6. The van der Waals surface area contributed by atoms with Crippen molar-refractivity contribution in [1.29, 1.82) is 0 Å². The van der Waals surface area contributed by atoms with Crippen molar-refractivity contribution in [2.45, 2.75) is 4.90 Å². The van der Waals surface area contributed by atoms with Gasteiger partial charge in [-0.2, -0.15) is 0 Å². The van der Waals surface area contributed by atoms with Gasteiger partial charge in [0.1, 0.15) is 5.75 Å². The van der Waals surface area contributed by atoms with E-state index in [9.17, 15) is 5.11 Å². The minimum atomic E-state index is 0.0415. The fraction of sp³-hybridized carbons (Fsp3) is 0. The Balaban J connectivity index is 2.92.